The molecule has 0 unspecified atom stereocenters. The summed E-state index contributed by atoms with van der Waals surface area (Å²) in [6.07, 6.45) is 6.77. The van der Waals surface area contributed by atoms with Gasteiger partial charge in [0.25, 0.3) is 5.91 Å². The summed E-state index contributed by atoms with van der Waals surface area (Å²) in [7, 11) is 0. The minimum atomic E-state index is -0.137. The summed E-state index contributed by atoms with van der Waals surface area (Å²) in [5.41, 5.74) is 1.16. The Labute approximate surface area is 212 Å². The molecule has 8 heteroatoms. The molecule has 0 spiro atoms. The van der Waals surface area contributed by atoms with Gasteiger partial charge in [-0.3, -0.25) is 14.5 Å². The number of amides is 2. The van der Waals surface area contributed by atoms with Crippen molar-refractivity contribution in [1.29, 1.82) is 0 Å². The molecule has 1 aliphatic carbocycles. The molecule has 1 aromatic carbocycles. The van der Waals surface area contributed by atoms with Crippen LogP contribution in [0.4, 0.5) is 0 Å². The van der Waals surface area contributed by atoms with E-state index in [4.69, 9.17) is 9.72 Å². The molecule has 2 aromatic rings. The van der Waals surface area contributed by atoms with Gasteiger partial charge in [0.1, 0.15) is 17.0 Å². The summed E-state index contributed by atoms with van der Waals surface area (Å²) in [6.45, 7) is 8.43. The Kier molecular flexibility index (Phi) is 8.89. The first kappa shape index (κ1) is 25.8. The fourth-order valence-corrected chi connectivity index (χ4v) is 5.89. The van der Waals surface area contributed by atoms with Crippen LogP contribution >= 0.6 is 11.8 Å². The first-order valence-electron chi connectivity index (χ1n) is 12.9. The van der Waals surface area contributed by atoms with E-state index >= 15 is 0 Å². The number of piperidine rings is 1. The number of hydrogen-bond acceptors (Lipinski definition) is 6. The number of carbonyl (C=O) groups is 2. The molecule has 35 heavy (non-hydrogen) atoms. The van der Waals surface area contributed by atoms with Crippen LogP contribution in [0.3, 0.4) is 0 Å². The van der Waals surface area contributed by atoms with Crippen LogP contribution < -0.4 is 15.4 Å². The van der Waals surface area contributed by atoms with Crippen molar-refractivity contribution in [3.63, 3.8) is 0 Å². The third kappa shape index (κ3) is 6.88. The first-order valence-corrected chi connectivity index (χ1v) is 13.9. The van der Waals surface area contributed by atoms with Crippen LogP contribution in [0, 0.1) is 0 Å². The lowest BCUT2D eigenvalue weighted by Crippen LogP contribution is -2.49. The van der Waals surface area contributed by atoms with E-state index in [1.54, 1.807) is 11.8 Å². The average Bonchev–Trinajstić information content (AvgIpc) is 3.35. The van der Waals surface area contributed by atoms with Crippen molar-refractivity contribution in [3.8, 4) is 5.75 Å². The largest absolute Gasteiger partial charge is 0.488 e. The van der Waals surface area contributed by atoms with E-state index in [1.165, 1.54) is 19.8 Å². The molecule has 0 radical (unpaired) electrons. The van der Waals surface area contributed by atoms with Gasteiger partial charge in [0.15, 0.2) is 0 Å². The van der Waals surface area contributed by atoms with E-state index in [2.05, 4.69) is 29.4 Å². The van der Waals surface area contributed by atoms with Gasteiger partial charge in [-0.05, 0) is 71.0 Å². The highest BCUT2D eigenvalue weighted by atomic mass is 32.2. The molecule has 1 saturated carbocycles. The smallest absolute Gasteiger partial charge is 0.270 e. The fraction of sp³-hybridized carbons (Fsp3) is 0.593. The molecular formula is C27H38N4O3S. The highest BCUT2D eigenvalue weighted by Crippen LogP contribution is 2.34. The number of pyridine rings is 1. The van der Waals surface area contributed by atoms with E-state index in [-0.39, 0.29) is 24.0 Å². The monoisotopic (exact) mass is 498 g/mol. The van der Waals surface area contributed by atoms with Gasteiger partial charge in [-0.1, -0.05) is 12.1 Å². The zero-order valence-electron chi connectivity index (χ0n) is 21.1. The first-order chi connectivity index (χ1) is 16.9. The maximum absolute atomic E-state index is 13.4. The molecule has 1 atom stereocenters. The molecule has 1 aliphatic heterocycles. The van der Waals surface area contributed by atoms with E-state index in [1.807, 2.05) is 24.3 Å². The van der Waals surface area contributed by atoms with Crippen LogP contribution in [0.1, 0.15) is 69.8 Å². The molecule has 190 valence electrons. The van der Waals surface area contributed by atoms with Crippen LogP contribution in [0.2, 0.25) is 0 Å². The summed E-state index contributed by atoms with van der Waals surface area (Å²) in [5.74, 6) is 1.28. The zero-order valence-corrected chi connectivity index (χ0v) is 22.0. The van der Waals surface area contributed by atoms with Gasteiger partial charge in [-0.2, -0.15) is 0 Å². The zero-order chi connectivity index (χ0) is 24.8. The predicted molar refractivity (Wildman–Crippen MR) is 141 cm³/mol. The number of fused-ring (bicyclic) bond motifs is 1. The summed E-state index contributed by atoms with van der Waals surface area (Å²) in [4.78, 5) is 32.8. The minimum Gasteiger partial charge on any atom is -0.488 e. The second-order valence-corrected chi connectivity index (χ2v) is 11.1. The SMILES string of the molecule is CC(=O)NCCSc1cc(C(=O)N[C@@H]2CCCN(C(C)C)C2)nc2c(OC3CCCC3)cccc12. The Morgan fingerprint density at radius 2 is 2.00 bits per heavy atom. The van der Waals surface area contributed by atoms with Gasteiger partial charge in [0.05, 0.1) is 6.10 Å². The van der Waals surface area contributed by atoms with Crippen molar-refractivity contribution in [3.05, 3.63) is 30.0 Å². The molecule has 1 saturated heterocycles. The summed E-state index contributed by atoms with van der Waals surface area (Å²) in [6, 6.07) is 8.47. The number of rotatable bonds is 9. The standard InChI is InChI=1S/C27H38N4O3S/c1-18(2)31-14-7-8-20(17-31)29-27(33)23-16-25(35-15-13-28-19(3)32)22-11-6-12-24(26(22)30-23)34-21-9-4-5-10-21/h6,11-12,16,18,20-21H,4-5,7-10,13-15,17H2,1-3H3,(H,28,32)(H,29,33)/t20-/m1/s1. The molecule has 2 aliphatic rings. The predicted octanol–water partition coefficient (Wildman–Crippen LogP) is 4.39. The van der Waals surface area contributed by atoms with Crippen molar-refractivity contribution < 1.29 is 14.3 Å². The van der Waals surface area contributed by atoms with Gasteiger partial charge in [0.2, 0.25) is 5.91 Å². The van der Waals surface area contributed by atoms with Gasteiger partial charge in [-0.25, -0.2) is 4.98 Å². The van der Waals surface area contributed by atoms with Crippen molar-refractivity contribution in [1.82, 2.24) is 20.5 Å². The summed E-state index contributed by atoms with van der Waals surface area (Å²) < 4.78 is 6.36. The number of nitrogens with zero attached hydrogens (tertiary/aromatic N) is 2. The van der Waals surface area contributed by atoms with Gasteiger partial charge < -0.3 is 15.4 Å². The molecule has 1 aromatic heterocycles. The number of carbonyl (C=O) groups excluding carboxylic acids is 2. The van der Waals surface area contributed by atoms with Gasteiger partial charge >= 0.3 is 0 Å². The molecule has 2 heterocycles. The average molecular weight is 499 g/mol. The lowest BCUT2D eigenvalue weighted by molar-refractivity contribution is -0.118. The van der Waals surface area contributed by atoms with Gasteiger partial charge in [-0.15, -0.1) is 11.8 Å². The van der Waals surface area contributed by atoms with Crippen molar-refractivity contribution in [2.24, 2.45) is 0 Å². The second-order valence-electron chi connectivity index (χ2n) is 9.91. The Balaban J connectivity index is 1.59. The highest BCUT2D eigenvalue weighted by Gasteiger charge is 2.25. The quantitative estimate of drug-likeness (QED) is 0.394. The van der Waals surface area contributed by atoms with Crippen LogP contribution in [0.5, 0.6) is 5.75 Å². The Bertz CT molecular complexity index is 1040. The maximum Gasteiger partial charge on any atom is 0.270 e. The Morgan fingerprint density at radius 1 is 1.20 bits per heavy atom. The number of para-hydroxylation sites is 1. The third-order valence-electron chi connectivity index (χ3n) is 6.84. The summed E-state index contributed by atoms with van der Waals surface area (Å²) in [5, 5.41) is 7.06. The minimum absolute atomic E-state index is 0.0413. The van der Waals surface area contributed by atoms with E-state index < -0.39 is 0 Å². The summed E-state index contributed by atoms with van der Waals surface area (Å²) >= 11 is 1.63. The lowest BCUT2D eigenvalue weighted by atomic mass is 10.0. The van der Waals surface area contributed by atoms with Crippen LogP contribution in [-0.2, 0) is 4.79 Å². The molecule has 7 nitrogen and oxygen atoms in total. The molecule has 0 bridgehead atoms. The van der Waals surface area contributed by atoms with Crippen LogP contribution in [-0.4, -0.2) is 65.3 Å². The number of thioether (sulfide) groups is 1. The second kappa shape index (κ2) is 12.1. The van der Waals surface area contributed by atoms with E-state index in [9.17, 15) is 9.59 Å². The topological polar surface area (TPSA) is 83.6 Å². The Hall–Kier alpha value is -2.32. The van der Waals surface area contributed by atoms with E-state index in [0.29, 0.717) is 24.0 Å². The van der Waals surface area contributed by atoms with E-state index in [0.717, 1.165) is 60.3 Å². The highest BCUT2D eigenvalue weighted by molar-refractivity contribution is 7.99. The lowest BCUT2D eigenvalue weighted by Gasteiger charge is -2.35. The third-order valence-corrected chi connectivity index (χ3v) is 7.90. The normalized spacial score (nSPS) is 19.3. The van der Waals surface area contributed by atoms with Crippen molar-refractivity contribution >= 4 is 34.5 Å². The molecule has 2 fully saturated rings. The number of benzene rings is 1. The molecule has 2 amide bonds. The number of nitrogens with one attached hydrogen (secondary N) is 2. The van der Waals surface area contributed by atoms with Crippen molar-refractivity contribution in [2.75, 3.05) is 25.4 Å². The maximum atomic E-state index is 13.4. The van der Waals surface area contributed by atoms with Gasteiger partial charge in [0, 0.05) is 48.1 Å². The fourth-order valence-electron chi connectivity index (χ4n) is 4.95. The van der Waals surface area contributed by atoms with Crippen LogP contribution in [0.15, 0.2) is 29.2 Å². The number of likely N-dealkylation sites (tertiary alicyclic amines) is 1. The number of hydrogen-bond donors (Lipinski definition) is 2. The van der Waals surface area contributed by atoms with Crippen LogP contribution in [0.25, 0.3) is 10.9 Å². The molecular weight excluding hydrogens is 460 g/mol. The number of aromatic nitrogens is 1. The molecule has 4 rings (SSSR count). The molecule has 2 N–H and O–H groups in total. The number of ether oxygens (including phenoxy) is 1. The Morgan fingerprint density at radius 3 is 2.74 bits per heavy atom. The van der Waals surface area contributed by atoms with Crippen molar-refractivity contribution in [2.45, 2.75) is 82.4 Å².